The minimum atomic E-state index is 0.438. The Labute approximate surface area is 127 Å². The van der Waals surface area contributed by atoms with Gasteiger partial charge in [0.2, 0.25) is 0 Å². The minimum absolute atomic E-state index is 0.438. The molecule has 0 radical (unpaired) electrons. The molecule has 0 aromatic carbocycles. The van der Waals surface area contributed by atoms with E-state index < -0.39 is 0 Å². The second kappa shape index (κ2) is 6.90. The highest BCUT2D eigenvalue weighted by atomic mass is 16.5. The quantitative estimate of drug-likeness (QED) is 0.778. The largest absolute Gasteiger partial charge is 0.379 e. The topological polar surface area (TPSA) is 42.3 Å². The van der Waals surface area contributed by atoms with E-state index in [0.29, 0.717) is 6.04 Å². The zero-order valence-corrected chi connectivity index (χ0v) is 13.3. The molecule has 5 nitrogen and oxygen atoms in total. The average molecular weight is 292 g/mol. The Kier molecular flexibility index (Phi) is 4.93. The van der Waals surface area contributed by atoms with E-state index in [-0.39, 0.29) is 0 Å². The predicted molar refractivity (Wildman–Crippen MR) is 83.6 cm³/mol. The average Bonchev–Trinajstić information content (AvgIpc) is 3.25. The summed E-state index contributed by atoms with van der Waals surface area (Å²) >= 11 is 0. The van der Waals surface area contributed by atoms with Crippen LogP contribution in [0.25, 0.3) is 0 Å². The van der Waals surface area contributed by atoms with Gasteiger partial charge in [-0.2, -0.15) is 5.10 Å². The molecule has 1 aliphatic heterocycles. The Hall–Kier alpha value is -0.910. The first-order chi connectivity index (χ1) is 10.2. The van der Waals surface area contributed by atoms with Crippen LogP contribution in [-0.2, 0) is 11.3 Å². The third-order valence-corrected chi connectivity index (χ3v) is 4.33. The molecule has 0 bridgehead atoms. The molecule has 0 amide bonds. The molecule has 0 atom stereocenters. The lowest BCUT2D eigenvalue weighted by Crippen LogP contribution is -2.40. The molecule has 1 saturated heterocycles. The lowest BCUT2D eigenvalue weighted by Gasteiger charge is -2.26. The Bertz CT molecular complexity index is 447. The first-order valence-electron chi connectivity index (χ1n) is 8.33. The summed E-state index contributed by atoms with van der Waals surface area (Å²) in [4.78, 5) is 2.46. The standard InChI is InChI=1S/C16H28N4O/c1-13(2)20-15(11-16(18-20)14-3-4-14)12-17-5-6-19-7-9-21-10-8-19/h11,13-14,17H,3-10,12H2,1-2H3. The highest BCUT2D eigenvalue weighted by Crippen LogP contribution is 2.39. The number of hydrogen-bond acceptors (Lipinski definition) is 4. The molecular formula is C16H28N4O. The van der Waals surface area contributed by atoms with Crippen LogP contribution in [0.4, 0.5) is 0 Å². The summed E-state index contributed by atoms with van der Waals surface area (Å²) < 4.78 is 7.56. The van der Waals surface area contributed by atoms with Crippen LogP contribution in [0, 0.1) is 0 Å². The highest BCUT2D eigenvalue weighted by molar-refractivity contribution is 5.19. The molecule has 2 heterocycles. The van der Waals surface area contributed by atoms with Gasteiger partial charge < -0.3 is 10.1 Å². The van der Waals surface area contributed by atoms with Crippen molar-refractivity contribution in [2.45, 2.75) is 45.2 Å². The molecule has 3 rings (SSSR count). The van der Waals surface area contributed by atoms with Gasteiger partial charge in [-0.25, -0.2) is 0 Å². The van der Waals surface area contributed by atoms with Crippen molar-refractivity contribution >= 4 is 0 Å². The minimum Gasteiger partial charge on any atom is -0.379 e. The van der Waals surface area contributed by atoms with Gasteiger partial charge in [0.05, 0.1) is 24.6 Å². The van der Waals surface area contributed by atoms with Gasteiger partial charge in [-0.15, -0.1) is 0 Å². The van der Waals surface area contributed by atoms with Gasteiger partial charge in [-0.1, -0.05) is 0 Å². The van der Waals surface area contributed by atoms with Crippen molar-refractivity contribution in [1.82, 2.24) is 20.0 Å². The van der Waals surface area contributed by atoms with Crippen molar-refractivity contribution in [2.75, 3.05) is 39.4 Å². The molecule has 1 saturated carbocycles. The number of morpholine rings is 1. The van der Waals surface area contributed by atoms with Crippen LogP contribution in [0.5, 0.6) is 0 Å². The Morgan fingerprint density at radius 3 is 2.76 bits per heavy atom. The summed E-state index contributed by atoms with van der Waals surface area (Å²) in [6, 6.07) is 2.74. The van der Waals surface area contributed by atoms with E-state index in [0.717, 1.165) is 51.9 Å². The number of ether oxygens (including phenoxy) is 1. The molecule has 1 N–H and O–H groups in total. The first-order valence-corrected chi connectivity index (χ1v) is 8.33. The molecule has 0 spiro atoms. The van der Waals surface area contributed by atoms with Crippen LogP contribution in [0.1, 0.15) is 50.0 Å². The molecule has 2 fully saturated rings. The smallest absolute Gasteiger partial charge is 0.0659 e. The van der Waals surface area contributed by atoms with Crippen molar-refractivity contribution in [1.29, 1.82) is 0 Å². The zero-order chi connectivity index (χ0) is 14.7. The number of nitrogens with one attached hydrogen (secondary N) is 1. The zero-order valence-electron chi connectivity index (χ0n) is 13.3. The molecule has 2 aliphatic rings. The molecular weight excluding hydrogens is 264 g/mol. The summed E-state index contributed by atoms with van der Waals surface area (Å²) in [6.45, 7) is 11.4. The van der Waals surface area contributed by atoms with Gasteiger partial charge in [0.1, 0.15) is 0 Å². The summed E-state index contributed by atoms with van der Waals surface area (Å²) in [5, 5.41) is 8.36. The van der Waals surface area contributed by atoms with Gasteiger partial charge in [0.25, 0.3) is 0 Å². The van der Waals surface area contributed by atoms with Crippen molar-refractivity contribution < 1.29 is 4.74 Å². The molecule has 0 unspecified atom stereocenters. The van der Waals surface area contributed by atoms with E-state index >= 15 is 0 Å². The van der Waals surface area contributed by atoms with Gasteiger partial charge in [0.15, 0.2) is 0 Å². The number of rotatable bonds is 7. The summed E-state index contributed by atoms with van der Waals surface area (Å²) in [5.74, 6) is 0.733. The van der Waals surface area contributed by atoms with Gasteiger partial charge in [0, 0.05) is 44.7 Å². The van der Waals surface area contributed by atoms with Crippen LogP contribution in [0.2, 0.25) is 0 Å². The molecule has 1 aromatic rings. The number of aromatic nitrogens is 2. The summed E-state index contributed by atoms with van der Waals surface area (Å²) in [5.41, 5.74) is 2.63. The van der Waals surface area contributed by atoms with Gasteiger partial charge in [-0.3, -0.25) is 9.58 Å². The number of nitrogens with zero attached hydrogens (tertiary/aromatic N) is 3. The van der Waals surface area contributed by atoms with E-state index in [9.17, 15) is 0 Å². The fraction of sp³-hybridized carbons (Fsp3) is 0.812. The Morgan fingerprint density at radius 1 is 1.33 bits per heavy atom. The fourth-order valence-corrected chi connectivity index (χ4v) is 2.89. The van der Waals surface area contributed by atoms with Gasteiger partial charge in [-0.05, 0) is 32.8 Å². The molecule has 1 aliphatic carbocycles. The van der Waals surface area contributed by atoms with E-state index in [1.165, 1.54) is 24.2 Å². The second-order valence-electron chi connectivity index (χ2n) is 6.50. The van der Waals surface area contributed by atoms with E-state index in [2.05, 4.69) is 34.8 Å². The Balaban J connectivity index is 1.47. The van der Waals surface area contributed by atoms with E-state index in [1.54, 1.807) is 0 Å². The third-order valence-electron chi connectivity index (χ3n) is 4.33. The predicted octanol–water partition coefficient (Wildman–Crippen LogP) is 1.76. The van der Waals surface area contributed by atoms with Gasteiger partial charge >= 0.3 is 0 Å². The van der Waals surface area contributed by atoms with E-state index in [4.69, 9.17) is 9.84 Å². The van der Waals surface area contributed by atoms with Crippen LogP contribution in [-0.4, -0.2) is 54.1 Å². The SMILES string of the molecule is CC(C)n1nc(C2CC2)cc1CNCCN1CCOCC1. The maximum Gasteiger partial charge on any atom is 0.0659 e. The Morgan fingerprint density at radius 2 is 2.10 bits per heavy atom. The monoisotopic (exact) mass is 292 g/mol. The van der Waals surface area contributed by atoms with Crippen LogP contribution in [0.3, 0.4) is 0 Å². The number of hydrogen-bond donors (Lipinski definition) is 1. The van der Waals surface area contributed by atoms with Crippen molar-refractivity contribution in [3.63, 3.8) is 0 Å². The fourth-order valence-electron chi connectivity index (χ4n) is 2.89. The maximum absolute atomic E-state index is 5.37. The van der Waals surface area contributed by atoms with E-state index in [1.807, 2.05) is 0 Å². The molecule has 21 heavy (non-hydrogen) atoms. The van der Waals surface area contributed by atoms with Crippen LogP contribution >= 0.6 is 0 Å². The first kappa shape index (κ1) is 15.0. The highest BCUT2D eigenvalue weighted by Gasteiger charge is 2.27. The summed E-state index contributed by atoms with van der Waals surface area (Å²) in [6.07, 6.45) is 2.64. The van der Waals surface area contributed by atoms with Crippen molar-refractivity contribution in [3.05, 3.63) is 17.5 Å². The molecule has 5 heteroatoms. The molecule has 1 aromatic heterocycles. The summed E-state index contributed by atoms with van der Waals surface area (Å²) in [7, 11) is 0. The van der Waals surface area contributed by atoms with Crippen LogP contribution < -0.4 is 5.32 Å². The maximum atomic E-state index is 5.37. The van der Waals surface area contributed by atoms with Crippen LogP contribution in [0.15, 0.2) is 6.07 Å². The lowest BCUT2D eigenvalue weighted by atomic mass is 10.2. The second-order valence-corrected chi connectivity index (χ2v) is 6.50. The van der Waals surface area contributed by atoms with Crippen molar-refractivity contribution in [2.24, 2.45) is 0 Å². The lowest BCUT2D eigenvalue weighted by molar-refractivity contribution is 0.0384. The molecule has 118 valence electrons. The third kappa shape index (κ3) is 4.05. The van der Waals surface area contributed by atoms with Crippen molar-refractivity contribution in [3.8, 4) is 0 Å². The normalized spacial score (nSPS) is 20.3.